The van der Waals surface area contributed by atoms with E-state index in [1.165, 1.54) is 104 Å². The summed E-state index contributed by atoms with van der Waals surface area (Å²) in [7, 11) is -6.42. The molecule has 80 heavy (non-hydrogen) atoms. The van der Waals surface area contributed by atoms with Crippen LogP contribution in [-0.2, 0) is 56.7 Å². The summed E-state index contributed by atoms with van der Waals surface area (Å²) in [5.41, 5.74) is 0.333. The summed E-state index contributed by atoms with van der Waals surface area (Å²) >= 11 is 5.50. The molecule has 0 saturated carbocycles. The van der Waals surface area contributed by atoms with Crippen LogP contribution < -0.4 is 19.3 Å². The highest BCUT2D eigenvalue weighted by Crippen LogP contribution is 2.28. The van der Waals surface area contributed by atoms with Crippen LogP contribution in [0.1, 0.15) is 125 Å². The van der Waals surface area contributed by atoms with Crippen LogP contribution in [0.3, 0.4) is 0 Å². The van der Waals surface area contributed by atoms with E-state index in [1.54, 1.807) is 18.2 Å². The number of hydrogen-bond donors (Lipinski definition) is 3. The number of nitrogens with zero attached hydrogens (tertiary/aromatic N) is 2. The number of anilines is 1. The van der Waals surface area contributed by atoms with E-state index in [0.29, 0.717) is 89.8 Å². The molecule has 6 aromatic rings. The number of aryl methyl sites for hydroxylation is 2. The lowest BCUT2D eigenvalue weighted by Crippen LogP contribution is -2.23. The van der Waals surface area contributed by atoms with Gasteiger partial charge in [-0.25, -0.2) is 50.3 Å². The van der Waals surface area contributed by atoms with Crippen LogP contribution >= 0.6 is 11.6 Å². The van der Waals surface area contributed by atoms with E-state index in [1.807, 2.05) is 41.5 Å². The molecule has 0 amide bonds. The van der Waals surface area contributed by atoms with Gasteiger partial charge in [0.25, 0.3) is 10.0 Å². The first-order valence-electron chi connectivity index (χ1n) is 25.0. The van der Waals surface area contributed by atoms with Crippen LogP contribution in [0.15, 0.2) is 131 Å². The maximum absolute atomic E-state index is 14.3. The maximum atomic E-state index is 14.3. The molecular weight excluding hydrogens is 1100 g/mol. The Morgan fingerprint density at radius 2 is 1.02 bits per heavy atom. The lowest BCUT2D eigenvalue weighted by atomic mass is 10.1. The van der Waals surface area contributed by atoms with Gasteiger partial charge in [0.1, 0.15) is 56.8 Å². The number of sulfonamides is 2. The largest absolute Gasteiger partial charge is 0.478 e. The summed E-state index contributed by atoms with van der Waals surface area (Å²) in [6.07, 6.45) is 8.35. The van der Waals surface area contributed by atoms with Crippen molar-refractivity contribution in [3.8, 4) is 23.0 Å². The lowest BCUT2D eigenvalue weighted by molar-refractivity contribution is -0.156. The van der Waals surface area contributed by atoms with Gasteiger partial charge in [-0.3, -0.25) is 14.3 Å². The zero-order chi connectivity index (χ0) is 59.3. The molecule has 2 heterocycles. The number of nitrogens with two attached hydrogens (primary N) is 1. The summed E-state index contributed by atoms with van der Waals surface area (Å²) in [6.45, 7) is 11.0. The average molecular weight is 1170 g/mol. The van der Waals surface area contributed by atoms with Crippen LogP contribution in [-0.4, -0.2) is 74.1 Å². The Balaban J connectivity index is 0.000000295. The summed E-state index contributed by atoms with van der Waals surface area (Å²) in [5.74, 6) is -1.13. The number of aromatic nitrogens is 2. The third-order valence-corrected chi connectivity index (χ3v) is 13.2. The number of carboxylic acids is 1. The SMILES string of the molecule is CC(C)(C)OC(=O)CCCCCc1cc(Oc2ccc(S(=O)(=O)Nc3ccc(C(=O)O)cn3)cc2)ccc1F.CC(C)(C)OC(=O)CCCCCc1cc(Oc2ccc(S(N)(=O)=O)cc2)ccc1F.COC(=O)c1ccc(Cl)nc1. The van der Waals surface area contributed by atoms with Crippen LogP contribution in [0.25, 0.3) is 0 Å². The average Bonchev–Trinajstić information content (AvgIpc) is 3.41. The molecule has 0 aliphatic heterocycles. The number of rotatable bonds is 22. The molecule has 0 aliphatic rings. The van der Waals surface area contributed by atoms with Gasteiger partial charge in [-0.1, -0.05) is 24.4 Å². The first kappa shape index (κ1) is 65.0. The highest BCUT2D eigenvalue weighted by Gasteiger charge is 2.19. The smallest absolute Gasteiger partial charge is 0.339 e. The van der Waals surface area contributed by atoms with E-state index < -0.39 is 43.2 Å². The van der Waals surface area contributed by atoms with Gasteiger partial charge in [0.2, 0.25) is 10.0 Å². The van der Waals surface area contributed by atoms with Crippen molar-refractivity contribution in [2.75, 3.05) is 11.8 Å². The number of carboxylic acid groups (broad SMARTS) is 1. The molecule has 0 spiro atoms. The van der Waals surface area contributed by atoms with Crippen molar-refractivity contribution in [1.82, 2.24) is 9.97 Å². The van der Waals surface area contributed by atoms with Gasteiger partial charge in [0.15, 0.2) is 0 Å². The first-order valence-corrected chi connectivity index (χ1v) is 28.4. The fraction of sp³-hybridized carbons (Fsp3) is 0.333. The van der Waals surface area contributed by atoms with Crippen LogP contribution in [0.2, 0.25) is 5.15 Å². The number of benzene rings is 4. The number of hydrogen-bond acceptors (Lipinski definition) is 15. The molecule has 4 N–H and O–H groups in total. The highest BCUT2D eigenvalue weighted by atomic mass is 35.5. The number of ether oxygens (including phenoxy) is 5. The molecule has 23 heteroatoms. The number of methoxy groups -OCH3 is 1. The van der Waals surface area contributed by atoms with Crippen molar-refractivity contribution in [2.45, 2.75) is 127 Å². The van der Waals surface area contributed by atoms with E-state index in [4.69, 9.17) is 40.8 Å². The minimum Gasteiger partial charge on any atom is -0.478 e. The lowest BCUT2D eigenvalue weighted by Gasteiger charge is -2.19. The van der Waals surface area contributed by atoms with E-state index in [9.17, 15) is 44.8 Å². The molecule has 0 bridgehead atoms. The molecule has 430 valence electrons. The third kappa shape index (κ3) is 23.8. The van der Waals surface area contributed by atoms with Crippen molar-refractivity contribution in [3.63, 3.8) is 0 Å². The van der Waals surface area contributed by atoms with Gasteiger partial charge in [0, 0.05) is 25.2 Å². The van der Waals surface area contributed by atoms with E-state index in [0.717, 1.165) is 25.5 Å². The van der Waals surface area contributed by atoms with Crippen molar-refractivity contribution in [2.24, 2.45) is 5.14 Å². The number of primary sulfonamides is 1. The number of nitrogens with one attached hydrogen (secondary N) is 1. The number of halogens is 3. The van der Waals surface area contributed by atoms with Crippen molar-refractivity contribution < 1.29 is 73.6 Å². The molecule has 4 aromatic carbocycles. The topological polar surface area (TPSA) is 267 Å². The summed E-state index contributed by atoms with van der Waals surface area (Å²) in [5, 5.41) is 14.4. The summed E-state index contributed by atoms with van der Waals surface area (Å²) in [4.78, 5) is 52.7. The second-order valence-corrected chi connectivity index (χ2v) is 23.3. The van der Waals surface area contributed by atoms with Gasteiger partial charge in [-0.15, -0.1) is 0 Å². The maximum Gasteiger partial charge on any atom is 0.339 e. The van der Waals surface area contributed by atoms with Gasteiger partial charge in [-0.2, -0.15) is 0 Å². The molecular formula is C57H65ClF2N4O14S2. The minimum absolute atomic E-state index is 0.0129. The molecule has 0 radical (unpaired) electrons. The second-order valence-electron chi connectivity index (χ2n) is 19.7. The number of unbranched alkanes of at least 4 members (excludes halogenated alkanes) is 4. The Kier molecular flexibility index (Phi) is 24.5. The molecule has 0 atom stereocenters. The van der Waals surface area contributed by atoms with Crippen LogP contribution in [0, 0.1) is 11.6 Å². The Morgan fingerprint density at radius 1 is 0.588 bits per heavy atom. The van der Waals surface area contributed by atoms with Crippen molar-refractivity contribution in [3.05, 3.63) is 161 Å². The van der Waals surface area contributed by atoms with Gasteiger partial charge < -0.3 is 28.8 Å². The number of carbonyl (C=O) groups is 4. The van der Waals surface area contributed by atoms with Crippen LogP contribution in [0.4, 0.5) is 14.6 Å². The quantitative estimate of drug-likeness (QED) is 0.0247. The Bertz CT molecular complexity index is 3250. The van der Waals surface area contributed by atoms with Crippen molar-refractivity contribution >= 4 is 61.3 Å². The minimum atomic E-state index is -3.97. The molecule has 2 aromatic heterocycles. The van der Waals surface area contributed by atoms with Gasteiger partial charge in [-0.05, 0) is 200 Å². The fourth-order valence-electron chi connectivity index (χ4n) is 6.97. The molecule has 0 saturated heterocycles. The number of pyridine rings is 2. The standard InChI is InChI=1S/C28H31FN2O7S.C22H28FNO5S.C7H6ClNO2/c1-28(2,3)38-26(32)8-6-4-5-7-19-17-22(12-15-24(19)29)37-21-10-13-23(14-11-21)39(35,36)31-25-16-9-20(18-30-25)27(33)34;1-22(2,3)29-21(25)8-6-4-5-7-16-15-18(11-14-20(16)23)28-17-9-12-19(13-10-17)30(24,26)27;1-11-7(10)5-2-3-6(8)9-4-5/h9-18H,4-8H2,1-3H3,(H,30,31)(H,33,34);9-15H,4-8H2,1-3H3,(H2,24,26,27);2-4H,1H3. The number of esters is 3. The van der Waals surface area contributed by atoms with E-state index in [2.05, 4.69) is 19.4 Å². The molecule has 18 nitrogen and oxygen atoms in total. The summed E-state index contributed by atoms with van der Waals surface area (Å²) in [6, 6.07) is 25.7. The zero-order valence-electron chi connectivity index (χ0n) is 45.3. The fourth-order valence-corrected chi connectivity index (χ4v) is 8.60. The first-order chi connectivity index (χ1) is 37.5. The van der Waals surface area contributed by atoms with Gasteiger partial charge >= 0.3 is 23.9 Å². The highest BCUT2D eigenvalue weighted by molar-refractivity contribution is 7.92. The van der Waals surface area contributed by atoms with Gasteiger partial charge in [0.05, 0.1) is 28.0 Å². The predicted molar refractivity (Wildman–Crippen MR) is 296 cm³/mol. The molecule has 0 aliphatic carbocycles. The van der Waals surface area contributed by atoms with E-state index >= 15 is 0 Å². The molecule has 0 unspecified atom stereocenters. The zero-order valence-corrected chi connectivity index (χ0v) is 47.7. The van der Waals surface area contributed by atoms with Crippen LogP contribution in [0.5, 0.6) is 23.0 Å². The Morgan fingerprint density at radius 3 is 1.41 bits per heavy atom. The molecule has 0 fully saturated rings. The number of aromatic carboxylic acids is 1. The normalized spacial score (nSPS) is 11.4. The third-order valence-electron chi connectivity index (χ3n) is 10.7. The second kappa shape index (κ2) is 30.2. The molecule has 6 rings (SSSR count). The summed E-state index contributed by atoms with van der Waals surface area (Å²) < 4.78 is 105. The Hall–Kier alpha value is -7.53. The Labute approximate surface area is 470 Å². The monoisotopic (exact) mass is 1170 g/mol. The van der Waals surface area contributed by atoms with Crippen molar-refractivity contribution in [1.29, 1.82) is 0 Å². The predicted octanol–water partition coefficient (Wildman–Crippen LogP) is 12.2. The van der Waals surface area contributed by atoms with E-state index in [-0.39, 0.29) is 44.7 Å². The number of carbonyl (C=O) groups excluding carboxylic acids is 3.